The van der Waals surface area contributed by atoms with E-state index in [1.165, 1.54) is 0 Å². The topological polar surface area (TPSA) is 89.3 Å². The van der Waals surface area contributed by atoms with Gasteiger partial charge in [0, 0.05) is 6.54 Å². The van der Waals surface area contributed by atoms with Gasteiger partial charge in [0.25, 0.3) is 0 Å². The Kier molecular flexibility index (Phi) is 8.08. The molecule has 1 aliphatic rings. The third kappa shape index (κ3) is 6.49. The molecule has 3 rings (SSSR count). The van der Waals surface area contributed by atoms with E-state index in [0.29, 0.717) is 42.5 Å². The van der Waals surface area contributed by atoms with Gasteiger partial charge in [-0.2, -0.15) is 13.2 Å². The van der Waals surface area contributed by atoms with E-state index in [9.17, 15) is 26.4 Å². The van der Waals surface area contributed by atoms with Gasteiger partial charge in [-0.15, -0.1) is 0 Å². The molecule has 0 radical (unpaired) electrons. The number of rotatable bonds is 8. The van der Waals surface area contributed by atoms with E-state index in [4.69, 9.17) is 17.3 Å². The van der Waals surface area contributed by atoms with Crippen molar-refractivity contribution in [1.82, 2.24) is 5.32 Å². The predicted molar refractivity (Wildman–Crippen MR) is 121 cm³/mol. The number of benzene rings is 2. The Hall–Kier alpha value is -2.10. The van der Waals surface area contributed by atoms with Crippen LogP contribution in [0.15, 0.2) is 47.4 Å². The van der Waals surface area contributed by atoms with Crippen molar-refractivity contribution in [3.8, 4) is 0 Å². The third-order valence-electron chi connectivity index (χ3n) is 6.06. The van der Waals surface area contributed by atoms with Crippen LogP contribution in [0.4, 0.5) is 13.2 Å². The molecule has 33 heavy (non-hydrogen) atoms. The monoisotopic (exact) mass is 502 g/mol. The molecule has 2 aromatic carbocycles. The maximum Gasteiger partial charge on any atom is 0.416 e. The van der Waals surface area contributed by atoms with Crippen molar-refractivity contribution in [2.75, 3.05) is 18.8 Å². The first kappa shape index (κ1) is 25.5. The quantitative estimate of drug-likeness (QED) is 0.508. The Morgan fingerprint density at radius 3 is 2.30 bits per heavy atom. The minimum absolute atomic E-state index is 0.0109. The summed E-state index contributed by atoms with van der Waals surface area (Å²) in [5.41, 5.74) is 4.30. The molecule has 10 heteroatoms. The summed E-state index contributed by atoms with van der Waals surface area (Å²) in [5, 5.41) is 3.17. The molecular formula is C23H26ClF3N2O3S. The highest BCUT2D eigenvalue weighted by Gasteiger charge is 2.34. The fourth-order valence-electron chi connectivity index (χ4n) is 4.22. The van der Waals surface area contributed by atoms with E-state index in [-0.39, 0.29) is 28.2 Å². The van der Waals surface area contributed by atoms with E-state index in [0.717, 1.165) is 18.9 Å². The number of halogens is 4. The van der Waals surface area contributed by atoms with Gasteiger partial charge in [-0.05, 0) is 73.9 Å². The molecule has 0 atom stereocenters. The Balaban J connectivity index is 1.56. The first-order valence-corrected chi connectivity index (χ1v) is 12.7. The van der Waals surface area contributed by atoms with Crippen LogP contribution in [-0.2, 0) is 16.0 Å². The minimum atomic E-state index is -4.61. The van der Waals surface area contributed by atoms with Crippen LogP contribution in [0.25, 0.3) is 0 Å². The van der Waals surface area contributed by atoms with Gasteiger partial charge in [0.2, 0.25) is 5.91 Å². The maximum atomic E-state index is 13.3. The minimum Gasteiger partial charge on any atom is -0.366 e. The SMILES string of the molecule is NC(=O)c1cc(C(F)(F)F)cc(C2CCC(CNCCS(=O)(=O)c3ccccc3)CC2)c1Cl. The van der Waals surface area contributed by atoms with Crippen LogP contribution >= 0.6 is 11.6 Å². The summed E-state index contributed by atoms with van der Waals surface area (Å²) in [4.78, 5) is 11.9. The highest BCUT2D eigenvalue weighted by atomic mass is 35.5. The molecule has 0 aromatic heterocycles. The fraction of sp³-hybridized carbons (Fsp3) is 0.435. The highest BCUT2D eigenvalue weighted by molar-refractivity contribution is 7.91. The molecule has 0 aliphatic heterocycles. The summed E-state index contributed by atoms with van der Waals surface area (Å²) in [6.07, 6.45) is -1.87. The highest BCUT2D eigenvalue weighted by Crippen LogP contribution is 2.42. The number of sulfone groups is 1. The predicted octanol–water partition coefficient (Wildman–Crippen LogP) is 4.80. The summed E-state index contributed by atoms with van der Waals surface area (Å²) in [5.74, 6) is -0.925. The lowest BCUT2D eigenvalue weighted by Gasteiger charge is -2.30. The number of amides is 1. The molecule has 180 valence electrons. The van der Waals surface area contributed by atoms with Gasteiger partial charge in [-0.3, -0.25) is 4.79 Å². The summed E-state index contributed by atoms with van der Waals surface area (Å²) >= 11 is 6.25. The number of nitrogens with two attached hydrogens (primary N) is 1. The van der Waals surface area contributed by atoms with E-state index in [1.807, 2.05) is 0 Å². The molecule has 0 saturated heterocycles. The number of alkyl halides is 3. The second-order valence-electron chi connectivity index (χ2n) is 8.34. The maximum absolute atomic E-state index is 13.3. The smallest absolute Gasteiger partial charge is 0.366 e. The number of hydrogen-bond acceptors (Lipinski definition) is 4. The lowest BCUT2D eigenvalue weighted by molar-refractivity contribution is -0.137. The lowest BCUT2D eigenvalue weighted by atomic mass is 9.78. The first-order valence-electron chi connectivity index (χ1n) is 10.7. The number of hydrogen-bond donors (Lipinski definition) is 2. The average molecular weight is 503 g/mol. The van der Waals surface area contributed by atoms with E-state index in [2.05, 4.69) is 5.32 Å². The fourth-order valence-corrected chi connectivity index (χ4v) is 5.80. The van der Waals surface area contributed by atoms with Gasteiger partial charge < -0.3 is 11.1 Å². The molecule has 5 nitrogen and oxygen atoms in total. The third-order valence-corrected chi connectivity index (χ3v) is 8.22. The molecular weight excluding hydrogens is 477 g/mol. The van der Waals surface area contributed by atoms with Gasteiger partial charge in [-0.1, -0.05) is 29.8 Å². The normalized spacial score (nSPS) is 19.4. The molecule has 3 N–H and O–H groups in total. The zero-order valence-corrected chi connectivity index (χ0v) is 19.4. The van der Waals surface area contributed by atoms with Crippen LogP contribution in [0, 0.1) is 5.92 Å². The molecule has 1 aliphatic carbocycles. The lowest BCUT2D eigenvalue weighted by Crippen LogP contribution is -2.30. The molecule has 0 spiro atoms. The molecule has 2 aromatic rings. The number of primary amides is 1. The zero-order valence-electron chi connectivity index (χ0n) is 17.9. The molecule has 0 heterocycles. The molecule has 1 saturated carbocycles. The number of carbonyl (C=O) groups is 1. The Morgan fingerprint density at radius 2 is 1.73 bits per heavy atom. The largest absolute Gasteiger partial charge is 0.416 e. The first-order chi connectivity index (χ1) is 15.5. The van der Waals surface area contributed by atoms with E-state index in [1.54, 1.807) is 30.3 Å². The van der Waals surface area contributed by atoms with E-state index < -0.39 is 27.5 Å². The average Bonchev–Trinajstić information content (AvgIpc) is 2.77. The summed E-state index contributed by atoms with van der Waals surface area (Å²) in [6, 6.07) is 9.98. The van der Waals surface area contributed by atoms with Gasteiger partial charge >= 0.3 is 6.18 Å². The van der Waals surface area contributed by atoms with Crippen molar-refractivity contribution in [3.05, 3.63) is 64.2 Å². The van der Waals surface area contributed by atoms with Crippen molar-refractivity contribution in [2.45, 2.75) is 42.7 Å². The molecule has 1 amide bonds. The number of nitrogens with one attached hydrogen (secondary N) is 1. The number of carbonyl (C=O) groups excluding carboxylic acids is 1. The Morgan fingerprint density at radius 1 is 1.09 bits per heavy atom. The van der Waals surface area contributed by atoms with Crippen molar-refractivity contribution < 1.29 is 26.4 Å². The van der Waals surface area contributed by atoms with Crippen molar-refractivity contribution in [3.63, 3.8) is 0 Å². The van der Waals surface area contributed by atoms with Crippen LogP contribution in [-0.4, -0.2) is 33.2 Å². The standard InChI is InChI=1S/C23H26ClF3N2O3S/c24-21-19(12-17(23(25,26)27)13-20(21)22(28)30)16-8-6-15(7-9-16)14-29-10-11-33(31,32)18-4-2-1-3-5-18/h1-5,12-13,15-16,29H,6-11,14H2,(H2,28,30). The van der Waals surface area contributed by atoms with Crippen molar-refractivity contribution in [1.29, 1.82) is 0 Å². The zero-order chi connectivity index (χ0) is 24.2. The van der Waals surface area contributed by atoms with Crippen LogP contribution in [0.2, 0.25) is 5.02 Å². The Labute approximate surface area is 196 Å². The Bertz CT molecular complexity index is 1080. The van der Waals surface area contributed by atoms with Gasteiger partial charge in [0.15, 0.2) is 9.84 Å². The molecule has 1 fully saturated rings. The summed E-state index contributed by atoms with van der Waals surface area (Å²) in [6.45, 7) is 0.943. The van der Waals surface area contributed by atoms with Crippen molar-refractivity contribution >= 4 is 27.3 Å². The van der Waals surface area contributed by atoms with Crippen LogP contribution < -0.4 is 11.1 Å². The van der Waals surface area contributed by atoms with Crippen LogP contribution in [0.1, 0.15) is 53.1 Å². The van der Waals surface area contributed by atoms with Gasteiger partial charge in [0.05, 0.1) is 26.8 Å². The van der Waals surface area contributed by atoms with Gasteiger partial charge in [0.1, 0.15) is 0 Å². The van der Waals surface area contributed by atoms with Crippen LogP contribution in [0.3, 0.4) is 0 Å². The molecule has 0 unspecified atom stereocenters. The van der Waals surface area contributed by atoms with Crippen molar-refractivity contribution in [2.24, 2.45) is 11.7 Å². The summed E-state index contributed by atoms with van der Waals surface area (Å²) < 4.78 is 64.5. The second-order valence-corrected chi connectivity index (χ2v) is 10.8. The molecule has 0 bridgehead atoms. The summed E-state index contributed by atoms with van der Waals surface area (Å²) in [7, 11) is -3.35. The van der Waals surface area contributed by atoms with Crippen LogP contribution in [0.5, 0.6) is 0 Å². The van der Waals surface area contributed by atoms with Gasteiger partial charge in [-0.25, -0.2) is 8.42 Å². The van der Waals surface area contributed by atoms with E-state index >= 15 is 0 Å². The second kappa shape index (κ2) is 10.4.